The highest BCUT2D eigenvalue weighted by Crippen LogP contribution is 2.38. The van der Waals surface area contributed by atoms with Crippen LogP contribution in [0, 0.1) is 11.8 Å². The molecule has 2 aliphatic rings. The van der Waals surface area contributed by atoms with E-state index in [2.05, 4.69) is 87.5 Å². The summed E-state index contributed by atoms with van der Waals surface area (Å²) in [6.07, 6.45) is 9.29. The third-order valence-corrected chi connectivity index (χ3v) is 12.5. The van der Waals surface area contributed by atoms with Crippen LogP contribution in [0.1, 0.15) is 47.5 Å². The second-order valence-corrected chi connectivity index (χ2v) is 15.6. The maximum absolute atomic E-state index is 10.6. The molecular weight excluding hydrogens is 452 g/mol. The van der Waals surface area contributed by atoms with Gasteiger partial charge in [-0.2, -0.15) is 0 Å². The standard InChI is InChI=1S/C23H30O2Si.C7H12O2/c1-22(2,3)26(20-13-7-5-8-14-20,21-15-9-6-10-16-21)25-18-19-12-11-17-23(19,4)24;1-7(9)4-2-3-6(7)5-8/h5-11,13-17,19,24H,12,18H2,1-4H3;2,4,6,8-9H,3,5H2,1H3/t19-,23-;6-,7-/m00/s1. The van der Waals surface area contributed by atoms with Crippen LogP contribution in [-0.4, -0.2) is 48.1 Å². The van der Waals surface area contributed by atoms with E-state index >= 15 is 0 Å². The number of hydrogen-bond donors (Lipinski definition) is 3. The molecule has 0 amide bonds. The minimum absolute atomic E-state index is 0.0116. The SMILES string of the molecule is CC(C)(C)[Si](OC[C@@H]1CC=C[C@]1(C)O)(c1ccccc1)c1ccccc1.C[C@]1(O)C=CC[C@H]1CO. The Labute approximate surface area is 212 Å². The lowest BCUT2D eigenvalue weighted by atomic mass is 9.94. The molecule has 2 aromatic rings. The second kappa shape index (κ2) is 10.9. The van der Waals surface area contributed by atoms with Gasteiger partial charge in [0.05, 0.1) is 11.2 Å². The lowest BCUT2D eigenvalue weighted by Gasteiger charge is -2.44. The molecule has 0 fully saturated rings. The van der Waals surface area contributed by atoms with Gasteiger partial charge < -0.3 is 19.7 Å². The topological polar surface area (TPSA) is 69.9 Å². The van der Waals surface area contributed by atoms with Gasteiger partial charge in [0.2, 0.25) is 0 Å². The van der Waals surface area contributed by atoms with E-state index in [4.69, 9.17) is 9.53 Å². The molecule has 0 saturated carbocycles. The molecule has 0 unspecified atom stereocenters. The van der Waals surface area contributed by atoms with Gasteiger partial charge in [0.25, 0.3) is 8.32 Å². The first-order valence-corrected chi connectivity index (χ1v) is 14.5. The van der Waals surface area contributed by atoms with Gasteiger partial charge in [-0.05, 0) is 42.1 Å². The number of allylic oxidation sites excluding steroid dienone is 2. The van der Waals surface area contributed by atoms with Gasteiger partial charge in [0, 0.05) is 25.0 Å². The average molecular weight is 495 g/mol. The van der Waals surface area contributed by atoms with E-state index in [-0.39, 0.29) is 23.5 Å². The van der Waals surface area contributed by atoms with Gasteiger partial charge in [0.1, 0.15) is 0 Å². The van der Waals surface area contributed by atoms with E-state index in [0.29, 0.717) is 6.61 Å². The summed E-state index contributed by atoms with van der Waals surface area (Å²) < 4.78 is 6.92. The van der Waals surface area contributed by atoms with Crippen molar-refractivity contribution in [3.8, 4) is 0 Å². The van der Waals surface area contributed by atoms with Crippen LogP contribution >= 0.6 is 0 Å². The minimum Gasteiger partial charge on any atom is -0.407 e. The third-order valence-electron chi connectivity index (χ3n) is 7.54. The Kier molecular flexibility index (Phi) is 8.61. The zero-order chi connectivity index (χ0) is 25.7. The summed E-state index contributed by atoms with van der Waals surface area (Å²) in [5, 5.41) is 31.3. The molecular formula is C30H42O4Si. The normalized spacial score (nSPS) is 28.1. The van der Waals surface area contributed by atoms with Crippen LogP contribution in [0.4, 0.5) is 0 Å². The Morgan fingerprint density at radius 3 is 1.54 bits per heavy atom. The summed E-state index contributed by atoms with van der Waals surface area (Å²) in [7, 11) is -2.52. The van der Waals surface area contributed by atoms with Gasteiger partial charge >= 0.3 is 0 Å². The fourth-order valence-corrected chi connectivity index (χ4v) is 9.78. The van der Waals surface area contributed by atoms with Crippen molar-refractivity contribution in [2.24, 2.45) is 11.8 Å². The van der Waals surface area contributed by atoms with Crippen LogP contribution in [0.5, 0.6) is 0 Å². The highest BCUT2D eigenvalue weighted by Gasteiger charge is 2.51. The summed E-state index contributed by atoms with van der Waals surface area (Å²) in [6.45, 7) is 11.1. The quantitative estimate of drug-likeness (QED) is 0.416. The summed E-state index contributed by atoms with van der Waals surface area (Å²) >= 11 is 0. The lowest BCUT2D eigenvalue weighted by molar-refractivity contribution is 0.0278. The van der Waals surface area contributed by atoms with Crippen LogP contribution < -0.4 is 10.4 Å². The van der Waals surface area contributed by atoms with Crippen molar-refractivity contribution in [2.75, 3.05) is 13.2 Å². The van der Waals surface area contributed by atoms with Crippen LogP contribution in [0.15, 0.2) is 85.0 Å². The predicted molar refractivity (Wildman–Crippen MR) is 146 cm³/mol. The first-order valence-electron chi connectivity index (χ1n) is 12.6. The molecule has 2 aliphatic carbocycles. The van der Waals surface area contributed by atoms with E-state index in [1.54, 1.807) is 13.0 Å². The van der Waals surface area contributed by atoms with Gasteiger partial charge in [-0.1, -0.05) is 106 Å². The molecule has 0 aromatic heterocycles. The Morgan fingerprint density at radius 2 is 1.23 bits per heavy atom. The molecule has 35 heavy (non-hydrogen) atoms. The molecule has 0 bridgehead atoms. The number of aliphatic hydroxyl groups excluding tert-OH is 1. The number of aliphatic hydroxyl groups is 3. The molecule has 0 radical (unpaired) electrons. The second-order valence-electron chi connectivity index (χ2n) is 11.3. The van der Waals surface area contributed by atoms with E-state index in [0.717, 1.165) is 12.8 Å². The molecule has 5 heteroatoms. The van der Waals surface area contributed by atoms with Gasteiger partial charge in [-0.25, -0.2) is 0 Å². The molecule has 4 atom stereocenters. The van der Waals surface area contributed by atoms with Crippen molar-refractivity contribution in [1.82, 2.24) is 0 Å². The summed E-state index contributed by atoms with van der Waals surface area (Å²) in [5.41, 5.74) is -1.56. The molecule has 3 N–H and O–H groups in total. The van der Waals surface area contributed by atoms with Crippen LogP contribution in [0.3, 0.4) is 0 Å². The maximum atomic E-state index is 10.6. The largest absolute Gasteiger partial charge is 0.407 e. The van der Waals surface area contributed by atoms with Crippen molar-refractivity contribution in [2.45, 2.75) is 63.7 Å². The van der Waals surface area contributed by atoms with E-state index in [1.807, 2.05) is 19.1 Å². The van der Waals surface area contributed by atoms with Crippen molar-refractivity contribution in [1.29, 1.82) is 0 Å². The summed E-state index contributed by atoms with van der Waals surface area (Å²) in [5.74, 6) is 0.113. The van der Waals surface area contributed by atoms with Crippen LogP contribution in [0.2, 0.25) is 5.04 Å². The fourth-order valence-electron chi connectivity index (χ4n) is 5.17. The predicted octanol–water partition coefficient (Wildman–Crippen LogP) is 4.20. The van der Waals surface area contributed by atoms with Crippen molar-refractivity contribution < 1.29 is 19.7 Å². The Bertz CT molecular complexity index is 951. The molecule has 0 spiro atoms. The molecule has 4 rings (SSSR count). The Morgan fingerprint density at radius 1 is 0.800 bits per heavy atom. The highest BCUT2D eigenvalue weighted by atomic mass is 28.4. The molecule has 0 saturated heterocycles. The first-order chi connectivity index (χ1) is 16.4. The smallest absolute Gasteiger partial charge is 0.261 e. The van der Waals surface area contributed by atoms with Crippen molar-refractivity contribution in [3.05, 3.63) is 85.0 Å². The monoisotopic (exact) mass is 494 g/mol. The first kappa shape index (κ1) is 27.6. The van der Waals surface area contributed by atoms with Crippen LogP contribution in [0.25, 0.3) is 0 Å². The Balaban J connectivity index is 0.000000320. The van der Waals surface area contributed by atoms with E-state index in [1.165, 1.54) is 10.4 Å². The number of benzene rings is 2. The Hall–Kier alpha value is -2.02. The van der Waals surface area contributed by atoms with Gasteiger partial charge in [-0.15, -0.1) is 0 Å². The molecule has 4 nitrogen and oxygen atoms in total. The van der Waals surface area contributed by atoms with Crippen LogP contribution in [-0.2, 0) is 4.43 Å². The zero-order valence-corrected chi connectivity index (χ0v) is 22.8. The van der Waals surface area contributed by atoms with Gasteiger partial charge in [0.15, 0.2) is 0 Å². The fraction of sp³-hybridized carbons (Fsp3) is 0.467. The number of hydrogen-bond acceptors (Lipinski definition) is 4. The summed E-state index contributed by atoms with van der Waals surface area (Å²) in [4.78, 5) is 0. The third kappa shape index (κ3) is 6.04. The van der Waals surface area contributed by atoms with Crippen molar-refractivity contribution >= 4 is 18.7 Å². The number of rotatable bonds is 6. The van der Waals surface area contributed by atoms with E-state index < -0.39 is 19.5 Å². The van der Waals surface area contributed by atoms with E-state index in [9.17, 15) is 10.2 Å². The van der Waals surface area contributed by atoms with Crippen molar-refractivity contribution in [3.63, 3.8) is 0 Å². The maximum Gasteiger partial charge on any atom is 0.261 e. The molecule has 0 heterocycles. The molecule has 2 aromatic carbocycles. The summed E-state index contributed by atoms with van der Waals surface area (Å²) in [6, 6.07) is 21.3. The lowest BCUT2D eigenvalue weighted by Crippen LogP contribution is -2.67. The average Bonchev–Trinajstić information content (AvgIpc) is 3.34. The molecule has 190 valence electrons. The zero-order valence-electron chi connectivity index (χ0n) is 21.8. The minimum atomic E-state index is -2.52. The highest BCUT2D eigenvalue weighted by molar-refractivity contribution is 6.99. The molecule has 0 aliphatic heterocycles. The van der Waals surface area contributed by atoms with Gasteiger partial charge in [-0.3, -0.25) is 0 Å².